The van der Waals surface area contributed by atoms with E-state index in [1.165, 1.54) is 23.5 Å². The summed E-state index contributed by atoms with van der Waals surface area (Å²) in [5.74, 6) is 0.731. The third-order valence-electron chi connectivity index (χ3n) is 3.16. The molecule has 0 bridgehead atoms. The van der Waals surface area contributed by atoms with Crippen LogP contribution in [-0.2, 0) is 0 Å². The molecule has 0 spiro atoms. The van der Waals surface area contributed by atoms with Crippen LogP contribution < -0.4 is 5.73 Å². The predicted octanol–water partition coefficient (Wildman–Crippen LogP) is 3.87. The Morgan fingerprint density at radius 2 is 2.19 bits per heavy atom. The fraction of sp³-hybridized carbons (Fsp3) is 0.0714. The van der Waals surface area contributed by atoms with Crippen LogP contribution in [0.1, 0.15) is 5.56 Å². The molecule has 0 unspecified atom stereocenters. The molecule has 6 nitrogen and oxygen atoms in total. The van der Waals surface area contributed by atoms with Gasteiger partial charge in [-0.05, 0) is 23.9 Å². The fourth-order valence-corrected chi connectivity index (χ4v) is 2.89. The molecule has 0 radical (unpaired) electrons. The van der Waals surface area contributed by atoms with Crippen LogP contribution >= 0.6 is 11.3 Å². The zero-order chi connectivity index (χ0) is 15.0. The number of hydrogen-bond acceptors (Lipinski definition) is 6. The summed E-state index contributed by atoms with van der Waals surface area (Å²) in [5, 5.41) is 16.7. The minimum atomic E-state index is -0.437. The van der Waals surface area contributed by atoms with Gasteiger partial charge in [0.2, 0.25) is 0 Å². The predicted molar refractivity (Wildman–Crippen MR) is 81.1 cm³/mol. The van der Waals surface area contributed by atoms with Crippen molar-refractivity contribution in [2.45, 2.75) is 6.92 Å². The third kappa shape index (κ3) is 2.27. The number of nitro benzene ring substituents is 1. The van der Waals surface area contributed by atoms with Crippen LogP contribution in [0.15, 0.2) is 40.2 Å². The number of anilines is 1. The molecule has 0 saturated heterocycles. The molecule has 0 fully saturated rings. The van der Waals surface area contributed by atoms with Crippen LogP contribution in [0, 0.1) is 17.0 Å². The van der Waals surface area contributed by atoms with E-state index >= 15 is 0 Å². The summed E-state index contributed by atoms with van der Waals surface area (Å²) in [6, 6.07) is 8.43. The molecule has 21 heavy (non-hydrogen) atoms. The summed E-state index contributed by atoms with van der Waals surface area (Å²) in [4.78, 5) is 11.4. The zero-order valence-electron chi connectivity index (χ0n) is 11.1. The van der Waals surface area contributed by atoms with E-state index in [4.69, 9.17) is 10.3 Å². The summed E-state index contributed by atoms with van der Waals surface area (Å²) in [7, 11) is 0. The molecule has 0 atom stereocenters. The first-order valence-corrected chi connectivity index (χ1v) is 7.00. The van der Waals surface area contributed by atoms with Crippen molar-refractivity contribution in [1.29, 1.82) is 0 Å². The summed E-state index contributed by atoms with van der Waals surface area (Å²) < 4.78 is 5.33. The Bertz CT molecular complexity index is 809. The van der Waals surface area contributed by atoms with Crippen molar-refractivity contribution in [3.63, 3.8) is 0 Å². The number of non-ortho nitro benzene ring substituents is 1. The Labute approximate surface area is 124 Å². The minimum absolute atomic E-state index is 0.00250. The van der Waals surface area contributed by atoms with Crippen LogP contribution in [-0.4, -0.2) is 10.1 Å². The molecular formula is C14H11N3O3S. The van der Waals surface area contributed by atoms with Gasteiger partial charge in [-0.1, -0.05) is 17.3 Å². The number of nitrogens with two attached hydrogens (primary N) is 1. The second-order valence-electron chi connectivity index (χ2n) is 4.51. The molecule has 1 aromatic carbocycles. The number of nitro groups is 1. The molecule has 0 aliphatic rings. The fourth-order valence-electron chi connectivity index (χ4n) is 2.11. The van der Waals surface area contributed by atoms with Gasteiger partial charge in [0.05, 0.1) is 10.5 Å². The highest BCUT2D eigenvalue weighted by atomic mass is 32.1. The highest BCUT2D eigenvalue weighted by Crippen LogP contribution is 2.40. The van der Waals surface area contributed by atoms with Crippen molar-refractivity contribution in [2.75, 3.05) is 5.73 Å². The average Bonchev–Trinajstić information content (AvgIpc) is 3.08. The van der Waals surface area contributed by atoms with Crippen molar-refractivity contribution in [3.8, 4) is 21.8 Å². The van der Waals surface area contributed by atoms with Gasteiger partial charge >= 0.3 is 0 Å². The summed E-state index contributed by atoms with van der Waals surface area (Å²) in [6.07, 6.45) is 0. The maximum Gasteiger partial charge on any atom is 0.270 e. The number of rotatable bonds is 3. The van der Waals surface area contributed by atoms with Gasteiger partial charge in [0.1, 0.15) is 0 Å². The number of nitrogens with zero attached hydrogens (tertiary/aromatic N) is 2. The molecule has 0 aliphatic heterocycles. The molecule has 106 valence electrons. The van der Waals surface area contributed by atoms with Crippen molar-refractivity contribution in [1.82, 2.24) is 5.16 Å². The SMILES string of the molecule is Cc1ccc([N+](=O)[O-])cc1-c1onc(N)c1-c1cccs1. The van der Waals surface area contributed by atoms with E-state index in [2.05, 4.69) is 5.16 Å². The van der Waals surface area contributed by atoms with Crippen LogP contribution in [0.5, 0.6) is 0 Å². The van der Waals surface area contributed by atoms with E-state index in [-0.39, 0.29) is 11.5 Å². The van der Waals surface area contributed by atoms with E-state index in [0.717, 1.165) is 10.4 Å². The Morgan fingerprint density at radius 3 is 2.86 bits per heavy atom. The molecule has 2 aromatic heterocycles. The third-order valence-corrected chi connectivity index (χ3v) is 4.05. The number of nitrogen functional groups attached to an aromatic ring is 1. The van der Waals surface area contributed by atoms with Crippen LogP contribution in [0.25, 0.3) is 21.8 Å². The minimum Gasteiger partial charge on any atom is -0.380 e. The Hall–Kier alpha value is -2.67. The lowest BCUT2D eigenvalue weighted by atomic mass is 10.0. The topological polar surface area (TPSA) is 95.2 Å². The number of thiophene rings is 1. The summed E-state index contributed by atoms with van der Waals surface area (Å²) >= 11 is 1.51. The Balaban J connectivity index is 2.23. The zero-order valence-corrected chi connectivity index (χ0v) is 11.9. The van der Waals surface area contributed by atoms with Crippen LogP contribution in [0.3, 0.4) is 0 Å². The number of hydrogen-bond donors (Lipinski definition) is 1. The molecule has 3 rings (SSSR count). The van der Waals surface area contributed by atoms with E-state index in [1.807, 2.05) is 24.4 Å². The standard InChI is InChI=1S/C14H11N3O3S/c1-8-4-5-9(17(18)19)7-10(8)13-12(14(15)16-20-13)11-3-2-6-21-11/h2-7H,1H3,(H2,15,16). The normalized spacial score (nSPS) is 10.7. The van der Waals surface area contributed by atoms with E-state index in [1.54, 1.807) is 6.07 Å². The van der Waals surface area contributed by atoms with Gasteiger partial charge < -0.3 is 10.3 Å². The van der Waals surface area contributed by atoms with E-state index < -0.39 is 4.92 Å². The Morgan fingerprint density at radius 1 is 1.38 bits per heavy atom. The second-order valence-corrected chi connectivity index (χ2v) is 5.45. The van der Waals surface area contributed by atoms with Crippen LogP contribution in [0.2, 0.25) is 0 Å². The average molecular weight is 301 g/mol. The Kier molecular flexibility index (Phi) is 3.19. The summed E-state index contributed by atoms with van der Waals surface area (Å²) in [5.41, 5.74) is 8.04. The smallest absolute Gasteiger partial charge is 0.270 e. The molecule has 0 saturated carbocycles. The number of aryl methyl sites for hydroxylation is 1. The van der Waals surface area contributed by atoms with Crippen molar-refractivity contribution < 1.29 is 9.45 Å². The number of aromatic nitrogens is 1. The van der Waals surface area contributed by atoms with Crippen molar-refractivity contribution in [2.24, 2.45) is 0 Å². The van der Waals surface area contributed by atoms with Gasteiger partial charge in [-0.25, -0.2) is 0 Å². The highest BCUT2D eigenvalue weighted by molar-refractivity contribution is 7.13. The van der Waals surface area contributed by atoms with Gasteiger partial charge in [-0.15, -0.1) is 11.3 Å². The molecular weight excluding hydrogens is 290 g/mol. The lowest BCUT2D eigenvalue weighted by Gasteiger charge is -2.04. The highest BCUT2D eigenvalue weighted by Gasteiger charge is 2.21. The maximum atomic E-state index is 11.0. The molecule has 0 aliphatic carbocycles. The quantitative estimate of drug-likeness (QED) is 0.585. The maximum absolute atomic E-state index is 11.0. The van der Waals surface area contributed by atoms with Crippen molar-refractivity contribution >= 4 is 22.8 Å². The lowest BCUT2D eigenvalue weighted by Crippen LogP contribution is -1.91. The van der Waals surface area contributed by atoms with Gasteiger partial charge in [0.25, 0.3) is 5.69 Å². The monoisotopic (exact) mass is 301 g/mol. The first kappa shape index (κ1) is 13.3. The molecule has 3 aromatic rings. The summed E-state index contributed by atoms with van der Waals surface area (Å²) in [6.45, 7) is 1.86. The molecule has 0 amide bonds. The van der Waals surface area contributed by atoms with Crippen LogP contribution in [0.4, 0.5) is 11.5 Å². The number of benzene rings is 1. The molecule has 2 heterocycles. The molecule has 2 N–H and O–H groups in total. The van der Waals surface area contributed by atoms with Gasteiger partial charge in [0, 0.05) is 22.6 Å². The van der Waals surface area contributed by atoms with Crippen molar-refractivity contribution in [3.05, 3.63) is 51.4 Å². The van der Waals surface area contributed by atoms with Gasteiger partial charge in [0.15, 0.2) is 11.6 Å². The van der Waals surface area contributed by atoms with E-state index in [9.17, 15) is 10.1 Å². The lowest BCUT2D eigenvalue weighted by molar-refractivity contribution is -0.384. The first-order chi connectivity index (χ1) is 10.1. The van der Waals surface area contributed by atoms with E-state index in [0.29, 0.717) is 16.9 Å². The first-order valence-electron chi connectivity index (χ1n) is 6.12. The second kappa shape index (κ2) is 5.02. The largest absolute Gasteiger partial charge is 0.380 e. The molecule has 7 heteroatoms. The van der Waals surface area contributed by atoms with Gasteiger partial charge in [-0.2, -0.15) is 0 Å². The van der Waals surface area contributed by atoms with Gasteiger partial charge in [-0.3, -0.25) is 10.1 Å².